The smallest absolute Gasteiger partial charge is 0.210 e. The summed E-state index contributed by atoms with van der Waals surface area (Å²) in [6.07, 6.45) is 1.33. The normalized spacial score (nSPS) is 9.25. The van der Waals surface area contributed by atoms with Crippen LogP contribution in [0.15, 0.2) is 11.1 Å². The van der Waals surface area contributed by atoms with Crippen molar-refractivity contribution in [3.63, 3.8) is 0 Å². The van der Waals surface area contributed by atoms with Gasteiger partial charge in [-0.3, -0.25) is 0 Å². The second-order valence-corrected chi connectivity index (χ2v) is 2.07. The summed E-state index contributed by atoms with van der Waals surface area (Å²) in [5.74, 6) is 0. The maximum atomic E-state index is 5.35. The van der Waals surface area contributed by atoms with E-state index in [4.69, 9.17) is 11.6 Å². The van der Waals surface area contributed by atoms with Gasteiger partial charge < -0.3 is 0 Å². The number of halogens is 2. The largest absolute Gasteiger partial charge is 0.226 e. The van der Waals surface area contributed by atoms with Gasteiger partial charge in [-0.2, -0.15) is 4.98 Å². The molecule has 5 heteroatoms. The molecule has 0 radical (unpaired) electrons. The highest BCUT2D eigenvalue weighted by Gasteiger charge is 1.89. The third kappa shape index (κ3) is 1.38. The van der Waals surface area contributed by atoms with Crippen LogP contribution in [0.4, 0.5) is 0 Å². The first-order chi connectivity index (χ1) is 3.79. The van der Waals surface area contributed by atoms with Crippen LogP contribution >= 0.6 is 27.5 Å². The molecule has 1 rings (SSSR count). The van der Waals surface area contributed by atoms with Gasteiger partial charge in [0.1, 0.15) is 6.33 Å². The maximum absolute atomic E-state index is 5.35. The van der Waals surface area contributed by atoms with Crippen LogP contribution < -0.4 is 0 Å². The van der Waals surface area contributed by atoms with E-state index in [1.165, 1.54) is 6.33 Å². The van der Waals surface area contributed by atoms with Crippen LogP contribution in [0.2, 0.25) is 5.28 Å². The molecule has 0 aromatic carbocycles. The average Bonchev–Trinajstić information content (AvgIpc) is 1.64. The van der Waals surface area contributed by atoms with E-state index in [1.807, 2.05) is 0 Å². The molecule has 0 aliphatic rings. The van der Waals surface area contributed by atoms with Gasteiger partial charge in [0.2, 0.25) is 10.0 Å². The highest BCUT2D eigenvalue weighted by Crippen LogP contribution is 2.02. The SMILES string of the molecule is Clc1ncnc(Br)n1. The van der Waals surface area contributed by atoms with Gasteiger partial charge in [0.25, 0.3) is 0 Å². The first kappa shape index (κ1) is 5.91. The monoisotopic (exact) mass is 193 g/mol. The van der Waals surface area contributed by atoms with Gasteiger partial charge in [-0.25, -0.2) is 9.97 Å². The Bertz CT molecular complexity index is 174. The Balaban J connectivity index is 3.08. The molecular formula is C3HBrClN3. The Labute approximate surface area is 59.3 Å². The van der Waals surface area contributed by atoms with Gasteiger partial charge in [0.15, 0.2) is 0 Å². The van der Waals surface area contributed by atoms with Gasteiger partial charge >= 0.3 is 0 Å². The van der Waals surface area contributed by atoms with Crippen molar-refractivity contribution >= 4 is 27.5 Å². The zero-order valence-corrected chi connectivity index (χ0v) is 6.02. The Morgan fingerprint density at radius 3 is 2.62 bits per heavy atom. The van der Waals surface area contributed by atoms with Crippen molar-refractivity contribution in [2.24, 2.45) is 0 Å². The maximum Gasteiger partial charge on any atom is 0.226 e. The van der Waals surface area contributed by atoms with Crippen LogP contribution in [-0.2, 0) is 0 Å². The van der Waals surface area contributed by atoms with Crippen LogP contribution in [0.1, 0.15) is 0 Å². The predicted molar refractivity (Wildman–Crippen MR) is 32.5 cm³/mol. The second-order valence-electron chi connectivity index (χ2n) is 1.02. The summed E-state index contributed by atoms with van der Waals surface area (Å²) >= 11 is 8.37. The van der Waals surface area contributed by atoms with Crippen molar-refractivity contribution in [1.82, 2.24) is 15.0 Å². The summed E-state index contributed by atoms with van der Waals surface area (Å²) in [7, 11) is 0. The Kier molecular flexibility index (Phi) is 1.75. The number of aromatic nitrogens is 3. The van der Waals surface area contributed by atoms with Gasteiger partial charge in [-0.1, -0.05) is 0 Å². The Morgan fingerprint density at radius 2 is 2.25 bits per heavy atom. The lowest BCUT2D eigenvalue weighted by molar-refractivity contribution is 1.01. The number of rotatable bonds is 0. The summed E-state index contributed by atoms with van der Waals surface area (Å²) in [6.45, 7) is 0. The van der Waals surface area contributed by atoms with E-state index in [0.717, 1.165) is 0 Å². The fourth-order valence-corrected chi connectivity index (χ4v) is 0.743. The summed E-state index contributed by atoms with van der Waals surface area (Å²) in [6, 6.07) is 0. The molecule has 0 saturated carbocycles. The van der Waals surface area contributed by atoms with Crippen molar-refractivity contribution in [3.05, 3.63) is 16.3 Å². The lowest BCUT2D eigenvalue weighted by atomic mass is 11.1. The van der Waals surface area contributed by atoms with Crippen LogP contribution in [0.25, 0.3) is 0 Å². The molecule has 0 spiro atoms. The van der Waals surface area contributed by atoms with Gasteiger partial charge in [0.05, 0.1) is 0 Å². The molecule has 42 valence electrons. The Hall–Kier alpha value is -0.220. The van der Waals surface area contributed by atoms with E-state index in [0.29, 0.717) is 4.73 Å². The fourth-order valence-electron chi connectivity index (χ4n) is 0.258. The Morgan fingerprint density at radius 1 is 1.50 bits per heavy atom. The zero-order chi connectivity index (χ0) is 5.98. The third-order valence-corrected chi connectivity index (χ3v) is 1.08. The molecule has 1 aromatic rings. The molecule has 0 fully saturated rings. The standard InChI is InChI=1S/C3HBrClN3/c4-2-6-1-7-3(5)8-2/h1H. The summed E-state index contributed by atoms with van der Waals surface area (Å²) < 4.78 is 0.456. The summed E-state index contributed by atoms with van der Waals surface area (Å²) in [5.41, 5.74) is 0. The van der Waals surface area contributed by atoms with E-state index in [2.05, 4.69) is 30.9 Å². The highest BCUT2D eigenvalue weighted by molar-refractivity contribution is 9.10. The van der Waals surface area contributed by atoms with Crippen molar-refractivity contribution in [2.75, 3.05) is 0 Å². The second kappa shape index (κ2) is 2.37. The number of hydrogen-bond acceptors (Lipinski definition) is 3. The third-order valence-electron chi connectivity index (χ3n) is 0.513. The summed E-state index contributed by atoms with van der Waals surface area (Å²) in [5, 5.41) is 0.201. The molecule has 0 bridgehead atoms. The van der Waals surface area contributed by atoms with Crippen LogP contribution in [0.3, 0.4) is 0 Å². The van der Waals surface area contributed by atoms with Gasteiger partial charge in [0, 0.05) is 0 Å². The number of hydrogen-bond donors (Lipinski definition) is 0. The number of nitrogens with zero attached hydrogens (tertiary/aromatic N) is 3. The van der Waals surface area contributed by atoms with E-state index < -0.39 is 0 Å². The van der Waals surface area contributed by atoms with Crippen molar-refractivity contribution in [3.8, 4) is 0 Å². The highest BCUT2D eigenvalue weighted by atomic mass is 79.9. The van der Waals surface area contributed by atoms with Gasteiger partial charge in [-0.15, -0.1) is 0 Å². The first-order valence-electron chi connectivity index (χ1n) is 1.79. The lowest BCUT2D eigenvalue weighted by Gasteiger charge is -1.84. The molecule has 8 heavy (non-hydrogen) atoms. The van der Waals surface area contributed by atoms with E-state index in [-0.39, 0.29) is 5.28 Å². The first-order valence-corrected chi connectivity index (χ1v) is 2.96. The lowest BCUT2D eigenvalue weighted by Crippen LogP contribution is -1.83. The van der Waals surface area contributed by atoms with Crippen LogP contribution in [0.5, 0.6) is 0 Å². The van der Waals surface area contributed by atoms with E-state index >= 15 is 0 Å². The minimum absolute atomic E-state index is 0.201. The zero-order valence-electron chi connectivity index (χ0n) is 3.67. The molecule has 3 nitrogen and oxygen atoms in total. The molecule has 1 heterocycles. The van der Waals surface area contributed by atoms with Crippen molar-refractivity contribution in [2.45, 2.75) is 0 Å². The van der Waals surface area contributed by atoms with E-state index in [9.17, 15) is 0 Å². The molecule has 0 N–H and O–H groups in total. The molecule has 0 amide bonds. The average molecular weight is 194 g/mol. The predicted octanol–water partition coefficient (Wildman–Crippen LogP) is 1.29. The molecule has 0 atom stereocenters. The van der Waals surface area contributed by atoms with Gasteiger partial charge in [-0.05, 0) is 27.5 Å². The molecule has 0 saturated heterocycles. The van der Waals surface area contributed by atoms with E-state index in [1.54, 1.807) is 0 Å². The van der Waals surface area contributed by atoms with Crippen molar-refractivity contribution in [1.29, 1.82) is 0 Å². The molecule has 0 aliphatic heterocycles. The topological polar surface area (TPSA) is 38.7 Å². The quantitative estimate of drug-likeness (QED) is 0.625. The molecule has 0 aliphatic carbocycles. The molecular weight excluding hydrogens is 193 g/mol. The minimum Gasteiger partial charge on any atom is -0.210 e. The fraction of sp³-hybridized carbons (Fsp3) is 0. The molecule has 0 unspecified atom stereocenters. The van der Waals surface area contributed by atoms with Crippen LogP contribution in [-0.4, -0.2) is 15.0 Å². The van der Waals surface area contributed by atoms with Crippen molar-refractivity contribution < 1.29 is 0 Å². The molecule has 1 aromatic heterocycles. The van der Waals surface area contributed by atoms with Crippen LogP contribution in [0, 0.1) is 0 Å². The summed E-state index contributed by atoms with van der Waals surface area (Å²) in [4.78, 5) is 10.8. The minimum atomic E-state index is 0.201.